The standard InChI is InChI=1S/C14H26O3/c1-4-5-6-7-8-9-10-11-13(15)12(2)14(16)17-3/h12H,4-11H2,1-3H3. The topological polar surface area (TPSA) is 43.4 Å². The molecule has 0 aromatic heterocycles. The fourth-order valence-electron chi connectivity index (χ4n) is 1.78. The van der Waals surface area contributed by atoms with Gasteiger partial charge in [0.15, 0.2) is 0 Å². The Bertz CT molecular complexity index is 224. The van der Waals surface area contributed by atoms with Crippen molar-refractivity contribution in [1.82, 2.24) is 0 Å². The van der Waals surface area contributed by atoms with Gasteiger partial charge in [0.25, 0.3) is 0 Å². The van der Waals surface area contributed by atoms with Crippen LogP contribution in [-0.2, 0) is 14.3 Å². The van der Waals surface area contributed by atoms with Crippen LogP contribution in [0.3, 0.4) is 0 Å². The fraction of sp³-hybridized carbons (Fsp3) is 0.857. The van der Waals surface area contributed by atoms with E-state index in [-0.39, 0.29) is 5.78 Å². The quantitative estimate of drug-likeness (QED) is 0.334. The van der Waals surface area contributed by atoms with E-state index in [9.17, 15) is 9.59 Å². The van der Waals surface area contributed by atoms with Crippen molar-refractivity contribution in [1.29, 1.82) is 0 Å². The van der Waals surface area contributed by atoms with Gasteiger partial charge in [-0.05, 0) is 13.3 Å². The first-order valence-electron chi connectivity index (χ1n) is 6.74. The molecule has 0 fully saturated rings. The van der Waals surface area contributed by atoms with E-state index in [4.69, 9.17) is 0 Å². The van der Waals surface area contributed by atoms with Crippen molar-refractivity contribution in [3.05, 3.63) is 0 Å². The summed E-state index contributed by atoms with van der Waals surface area (Å²) < 4.78 is 4.55. The number of ether oxygens (including phenoxy) is 1. The van der Waals surface area contributed by atoms with Crippen LogP contribution in [0.4, 0.5) is 0 Å². The van der Waals surface area contributed by atoms with Gasteiger partial charge in [0.05, 0.1) is 7.11 Å². The maximum absolute atomic E-state index is 11.6. The number of carbonyl (C=O) groups excluding carboxylic acids is 2. The molecule has 0 bridgehead atoms. The third-order valence-corrected chi connectivity index (χ3v) is 3.06. The van der Waals surface area contributed by atoms with Gasteiger partial charge in [-0.25, -0.2) is 0 Å². The fourth-order valence-corrected chi connectivity index (χ4v) is 1.78. The molecular weight excluding hydrogens is 216 g/mol. The second kappa shape index (κ2) is 10.3. The van der Waals surface area contributed by atoms with Crippen LogP contribution in [0.5, 0.6) is 0 Å². The van der Waals surface area contributed by atoms with Crippen LogP contribution < -0.4 is 0 Å². The smallest absolute Gasteiger partial charge is 0.315 e. The van der Waals surface area contributed by atoms with Crippen LogP contribution in [-0.4, -0.2) is 18.9 Å². The lowest BCUT2D eigenvalue weighted by Crippen LogP contribution is -2.22. The molecule has 1 atom stereocenters. The van der Waals surface area contributed by atoms with Gasteiger partial charge in [-0.2, -0.15) is 0 Å². The third-order valence-electron chi connectivity index (χ3n) is 3.06. The summed E-state index contributed by atoms with van der Waals surface area (Å²) in [6.07, 6.45) is 8.80. The van der Waals surface area contributed by atoms with Crippen LogP contribution in [0.2, 0.25) is 0 Å². The third kappa shape index (κ3) is 7.94. The molecule has 17 heavy (non-hydrogen) atoms. The van der Waals surface area contributed by atoms with Gasteiger partial charge in [0, 0.05) is 6.42 Å². The van der Waals surface area contributed by atoms with Crippen LogP contribution in [0.1, 0.15) is 65.2 Å². The maximum atomic E-state index is 11.6. The Hall–Kier alpha value is -0.860. The Morgan fingerprint density at radius 2 is 1.53 bits per heavy atom. The Kier molecular flexibility index (Phi) is 9.78. The van der Waals surface area contributed by atoms with E-state index in [0.717, 1.165) is 12.8 Å². The van der Waals surface area contributed by atoms with Crippen LogP contribution >= 0.6 is 0 Å². The molecule has 0 aromatic rings. The molecule has 0 aliphatic heterocycles. The van der Waals surface area contributed by atoms with Crippen molar-refractivity contribution in [2.45, 2.75) is 65.2 Å². The lowest BCUT2D eigenvalue weighted by Gasteiger charge is -2.07. The normalized spacial score (nSPS) is 12.2. The van der Waals surface area contributed by atoms with Crippen LogP contribution in [0, 0.1) is 5.92 Å². The first kappa shape index (κ1) is 16.1. The Labute approximate surface area is 105 Å². The zero-order chi connectivity index (χ0) is 13.1. The summed E-state index contributed by atoms with van der Waals surface area (Å²) in [6.45, 7) is 3.82. The molecule has 3 heteroatoms. The molecule has 0 saturated carbocycles. The molecule has 0 N–H and O–H groups in total. The second-order valence-corrected chi connectivity index (χ2v) is 4.58. The summed E-state index contributed by atoms with van der Waals surface area (Å²) in [5, 5.41) is 0. The molecule has 100 valence electrons. The Balaban J connectivity index is 3.48. The Morgan fingerprint density at radius 3 is 2.06 bits per heavy atom. The highest BCUT2D eigenvalue weighted by Gasteiger charge is 2.20. The molecule has 3 nitrogen and oxygen atoms in total. The molecule has 0 rings (SSSR count). The number of esters is 1. The second-order valence-electron chi connectivity index (χ2n) is 4.58. The van der Waals surface area contributed by atoms with Gasteiger partial charge < -0.3 is 4.74 Å². The van der Waals surface area contributed by atoms with Crippen molar-refractivity contribution in [3.63, 3.8) is 0 Å². The minimum Gasteiger partial charge on any atom is -0.468 e. The molecule has 0 saturated heterocycles. The van der Waals surface area contributed by atoms with Crippen LogP contribution in [0.15, 0.2) is 0 Å². The monoisotopic (exact) mass is 242 g/mol. The van der Waals surface area contributed by atoms with Gasteiger partial charge in [-0.15, -0.1) is 0 Å². The summed E-state index contributed by atoms with van der Waals surface area (Å²) in [7, 11) is 1.32. The molecule has 0 aliphatic rings. The maximum Gasteiger partial charge on any atom is 0.315 e. The van der Waals surface area contributed by atoms with Gasteiger partial charge in [-0.1, -0.05) is 45.4 Å². The molecule has 0 aromatic carbocycles. The number of carbonyl (C=O) groups is 2. The van der Waals surface area contributed by atoms with Crippen molar-refractivity contribution in [3.8, 4) is 0 Å². The average molecular weight is 242 g/mol. The molecule has 0 radical (unpaired) electrons. The average Bonchev–Trinajstić information content (AvgIpc) is 2.35. The summed E-state index contributed by atoms with van der Waals surface area (Å²) in [5.41, 5.74) is 0. The number of hydrogen-bond acceptors (Lipinski definition) is 3. The number of hydrogen-bond donors (Lipinski definition) is 0. The van der Waals surface area contributed by atoms with Gasteiger partial charge >= 0.3 is 5.97 Å². The van der Waals surface area contributed by atoms with E-state index in [1.807, 2.05) is 0 Å². The first-order chi connectivity index (χ1) is 8.13. The van der Waals surface area contributed by atoms with E-state index >= 15 is 0 Å². The van der Waals surface area contributed by atoms with E-state index in [0.29, 0.717) is 6.42 Å². The molecule has 0 spiro atoms. The highest BCUT2D eigenvalue weighted by molar-refractivity contribution is 5.98. The number of rotatable bonds is 10. The lowest BCUT2D eigenvalue weighted by molar-refractivity contribution is -0.148. The van der Waals surface area contributed by atoms with Crippen LogP contribution in [0.25, 0.3) is 0 Å². The van der Waals surface area contributed by atoms with E-state index in [2.05, 4.69) is 11.7 Å². The Morgan fingerprint density at radius 1 is 1.00 bits per heavy atom. The molecule has 0 heterocycles. The minimum atomic E-state index is -0.597. The lowest BCUT2D eigenvalue weighted by atomic mass is 10.00. The van der Waals surface area contributed by atoms with Gasteiger partial charge in [-0.3, -0.25) is 9.59 Å². The minimum absolute atomic E-state index is 0.00501. The number of Topliss-reactive ketones (excluding diaryl/α,β-unsaturated/α-hetero) is 1. The predicted octanol–water partition coefficient (Wildman–Crippen LogP) is 3.51. The van der Waals surface area contributed by atoms with Gasteiger partial charge in [0.2, 0.25) is 0 Å². The van der Waals surface area contributed by atoms with Crippen molar-refractivity contribution >= 4 is 11.8 Å². The zero-order valence-electron chi connectivity index (χ0n) is 11.5. The van der Waals surface area contributed by atoms with E-state index < -0.39 is 11.9 Å². The molecule has 1 unspecified atom stereocenters. The zero-order valence-corrected chi connectivity index (χ0v) is 11.5. The number of ketones is 1. The molecule has 0 amide bonds. The predicted molar refractivity (Wildman–Crippen MR) is 68.8 cm³/mol. The SMILES string of the molecule is CCCCCCCCCC(=O)C(C)C(=O)OC. The highest BCUT2D eigenvalue weighted by Crippen LogP contribution is 2.11. The number of methoxy groups -OCH3 is 1. The summed E-state index contributed by atoms with van der Waals surface area (Å²) >= 11 is 0. The molecule has 0 aliphatic carbocycles. The van der Waals surface area contributed by atoms with Crippen molar-refractivity contribution in [2.24, 2.45) is 5.92 Å². The van der Waals surface area contributed by atoms with E-state index in [1.165, 1.54) is 39.2 Å². The van der Waals surface area contributed by atoms with Crippen molar-refractivity contribution in [2.75, 3.05) is 7.11 Å². The summed E-state index contributed by atoms with van der Waals surface area (Å²) in [6, 6.07) is 0. The largest absolute Gasteiger partial charge is 0.468 e. The van der Waals surface area contributed by atoms with Crippen molar-refractivity contribution < 1.29 is 14.3 Å². The van der Waals surface area contributed by atoms with Gasteiger partial charge in [0.1, 0.15) is 11.7 Å². The summed E-state index contributed by atoms with van der Waals surface area (Å²) in [5.74, 6) is -1.01. The molecular formula is C14H26O3. The summed E-state index contributed by atoms with van der Waals surface area (Å²) in [4.78, 5) is 22.7. The first-order valence-corrected chi connectivity index (χ1v) is 6.74. The number of unbranched alkanes of at least 4 members (excludes halogenated alkanes) is 6. The van der Waals surface area contributed by atoms with E-state index in [1.54, 1.807) is 6.92 Å². The highest BCUT2D eigenvalue weighted by atomic mass is 16.5.